The predicted molar refractivity (Wildman–Crippen MR) is 94.9 cm³/mol. The fourth-order valence-corrected chi connectivity index (χ4v) is 2.89. The summed E-state index contributed by atoms with van der Waals surface area (Å²) in [7, 11) is 0. The van der Waals surface area contributed by atoms with Gasteiger partial charge in [-0.1, -0.05) is 30.3 Å². The highest BCUT2D eigenvalue weighted by Crippen LogP contribution is 2.16. The molecule has 24 heavy (non-hydrogen) atoms. The van der Waals surface area contributed by atoms with Gasteiger partial charge >= 0.3 is 0 Å². The number of carbonyl (C=O) groups is 1. The van der Waals surface area contributed by atoms with E-state index in [0.717, 1.165) is 19.5 Å². The van der Waals surface area contributed by atoms with Gasteiger partial charge in [-0.2, -0.15) is 0 Å². The Labute approximate surface area is 145 Å². The van der Waals surface area contributed by atoms with E-state index >= 15 is 0 Å². The van der Waals surface area contributed by atoms with E-state index in [4.69, 9.17) is 9.47 Å². The van der Waals surface area contributed by atoms with Gasteiger partial charge in [-0.05, 0) is 32.8 Å². The van der Waals surface area contributed by atoms with Gasteiger partial charge < -0.3 is 14.8 Å². The number of hydrogen-bond donors (Lipinski definition) is 1. The average Bonchev–Trinajstić information content (AvgIpc) is 2.54. The molecular weight excluding hydrogens is 304 g/mol. The number of amides is 1. The van der Waals surface area contributed by atoms with E-state index in [2.05, 4.69) is 36.2 Å². The second kappa shape index (κ2) is 9.16. The smallest absolute Gasteiger partial charge is 0.234 e. The normalized spacial score (nSPS) is 19.0. The SMILES string of the molecule is CC(OCCCNC(=O)CN1CCOC(C)(C)C1)c1ccccc1. The monoisotopic (exact) mass is 334 g/mol. The first kappa shape index (κ1) is 18.9. The predicted octanol–water partition coefficient (Wildman–Crippen LogP) is 2.38. The van der Waals surface area contributed by atoms with Crippen molar-refractivity contribution in [3.8, 4) is 0 Å². The van der Waals surface area contributed by atoms with Gasteiger partial charge in [-0.25, -0.2) is 0 Å². The Kier molecular flexibility index (Phi) is 7.21. The summed E-state index contributed by atoms with van der Waals surface area (Å²) in [4.78, 5) is 14.2. The van der Waals surface area contributed by atoms with Crippen molar-refractivity contribution in [3.05, 3.63) is 35.9 Å². The van der Waals surface area contributed by atoms with E-state index in [1.54, 1.807) is 0 Å². The molecule has 1 aromatic rings. The summed E-state index contributed by atoms with van der Waals surface area (Å²) in [6.45, 7) is 10.2. The molecular formula is C19H30N2O3. The van der Waals surface area contributed by atoms with E-state index in [9.17, 15) is 4.79 Å². The average molecular weight is 334 g/mol. The van der Waals surface area contributed by atoms with Gasteiger partial charge in [0.1, 0.15) is 0 Å². The molecule has 1 heterocycles. The molecule has 0 aromatic heterocycles. The maximum atomic E-state index is 12.0. The highest BCUT2D eigenvalue weighted by atomic mass is 16.5. The van der Waals surface area contributed by atoms with Crippen LogP contribution in [0.2, 0.25) is 0 Å². The number of carbonyl (C=O) groups excluding carboxylic acids is 1. The van der Waals surface area contributed by atoms with Crippen molar-refractivity contribution in [2.24, 2.45) is 0 Å². The molecule has 5 nitrogen and oxygen atoms in total. The fraction of sp³-hybridized carbons (Fsp3) is 0.632. The number of nitrogens with zero attached hydrogens (tertiary/aromatic N) is 1. The van der Waals surface area contributed by atoms with Crippen LogP contribution in [0.4, 0.5) is 0 Å². The molecule has 1 atom stereocenters. The van der Waals surface area contributed by atoms with Gasteiger partial charge in [0.05, 0.1) is 24.9 Å². The minimum absolute atomic E-state index is 0.0730. The zero-order chi connectivity index (χ0) is 17.4. The van der Waals surface area contributed by atoms with Crippen LogP contribution >= 0.6 is 0 Å². The molecule has 0 bridgehead atoms. The molecule has 0 aliphatic carbocycles. The highest BCUT2D eigenvalue weighted by molar-refractivity contribution is 5.77. The number of ether oxygens (including phenoxy) is 2. The van der Waals surface area contributed by atoms with Crippen LogP contribution < -0.4 is 5.32 Å². The van der Waals surface area contributed by atoms with Crippen molar-refractivity contribution in [2.45, 2.75) is 38.9 Å². The Bertz CT molecular complexity index is 505. The van der Waals surface area contributed by atoms with Crippen LogP contribution in [0.1, 0.15) is 38.9 Å². The van der Waals surface area contributed by atoms with E-state index < -0.39 is 0 Å². The van der Waals surface area contributed by atoms with Crippen LogP contribution in [0.3, 0.4) is 0 Å². The molecule has 1 unspecified atom stereocenters. The molecule has 1 amide bonds. The number of hydrogen-bond acceptors (Lipinski definition) is 4. The van der Waals surface area contributed by atoms with Crippen LogP contribution in [0, 0.1) is 0 Å². The van der Waals surface area contributed by atoms with Gasteiger partial charge in [0.25, 0.3) is 0 Å². The molecule has 1 aromatic carbocycles. The number of nitrogens with one attached hydrogen (secondary N) is 1. The molecule has 134 valence electrons. The molecule has 0 radical (unpaired) electrons. The van der Waals surface area contributed by atoms with Crippen LogP contribution in [-0.2, 0) is 14.3 Å². The first-order valence-corrected chi connectivity index (χ1v) is 8.76. The Balaban J connectivity index is 1.56. The number of rotatable bonds is 8. The van der Waals surface area contributed by atoms with Crippen molar-refractivity contribution in [3.63, 3.8) is 0 Å². The Hall–Kier alpha value is -1.43. The molecule has 0 spiro atoms. The van der Waals surface area contributed by atoms with Gasteiger partial charge in [0, 0.05) is 26.2 Å². The van der Waals surface area contributed by atoms with Crippen LogP contribution in [0.25, 0.3) is 0 Å². The summed E-state index contributed by atoms with van der Waals surface area (Å²) < 4.78 is 11.5. The third-order valence-corrected chi connectivity index (χ3v) is 4.15. The second-order valence-electron chi connectivity index (χ2n) is 6.95. The van der Waals surface area contributed by atoms with Gasteiger partial charge in [0.2, 0.25) is 5.91 Å². The maximum absolute atomic E-state index is 12.0. The fourth-order valence-electron chi connectivity index (χ4n) is 2.89. The Morgan fingerprint density at radius 1 is 1.38 bits per heavy atom. The molecule has 1 aliphatic rings. The third kappa shape index (κ3) is 6.59. The van der Waals surface area contributed by atoms with Crippen molar-refractivity contribution in [2.75, 3.05) is 39.4 Å². The zero-order valence-electron chi connectivity index (χ0n) is 15.1. The Morgan fingerprint density at radius 3 is 2.83 bits per heavy atom. The number of benzene rings is 1. The Morgan fingerprint density at radius 2 is 2.12 bits per heavy atom. The molecule has 2 rings (SSSR count). The summed E-state index contributed by atoms with van der Waals surface area (Å²) in [5.41, 5.74) is 1.01. The zero-order valence-corrected chi connectivity index (χ0v) is 15.1. The van der Waals surface area contributed by atoms with Gasteiger partial charge in [0.15, 0.2) is 0 Å². The highest BCUT2D eigenvalue weighted by Gasteiger charge is 2.27. The van der Waals surface area contributed by atoms with Crippen molar-refractivity contribution >= 4 is 5.91 Å². The van der Waals surface area contributed by atoms with Crippen LogP contribution in [0.15, 0.2) is 30.3 Å². The van der Waals surface area contributed by atoms with E-state index in [1.807, 2.05) is 25.1 Å². The summed E-state index contributed by atoms with van der Waals surface area (Å²) in [6.07, 6.45) is 0.898. The third-order valence-electron chi connectivity index (χ3n) is 4.15. The van der Waals surface area contributed by atoms with Crippen LogP contribution in [-0.4, -0.2) is 55.8 Å². The van der Waals surface area contributed by atoms with Crippen molar-refractivity contribution < 1.29 is 14.3 Å². The minimum Gasteiger partial charge on any atom is -0.374 e. The molecule has 1 fully saturated rings. The largest absolute Gasteiger partial charge is 0.374 e. The van der Waals surface area contributed by atoms with Crippen molar-refractivity contribution in [1.82, 2.24) is 10.2 Å². The summed E-state index contributed by atoms with van der Waals surface area (Å²) in [5.74, 6) is 0.0730. The molecule has 0 saturated carbocycles. The summed E-state index contributed by atoms with van der Waals surface area (Å²) >= 11 is 0. The van der Waals surface area contributed by atoms with Gasteiger partial charge in [-0.15, -0.1) is 0 Å². The van der Waals surface area contributed by atoms with Gasteiger partial charge in [-0.3, -0.25) is 9.69 Å². The summed E-state index contributed by atoms with van der Waals surface area (Å²) in [5, 5.41) is 2.97. The molecule has 1 aliphatic heterocycles. The quantitative estimate of drug-likeness (QED) is 0.742. The lowest BCUT2D eigenvalue weighted by Gasteiger charge is -2.37. The van der Waals surface area contributed by atoms with Crippen LogP contribution in [0.5, 0.6) is 0 Å². The minimum atomic E-state index is -0.167. The van der Waals surface area contributed by atoms with E-state index in [-0.39, 0.29) is 17.6 Å². The lowest BCUT2D eigenvalue weighted by Crippen LogP contribution is -2.51. The van der Waals surface area contributed by atoms with E-state index in [1.165, 1.54) is 5.56 Å². The van der Waals surface area contributed by atoms with Crippen molar-refractivity contribution in [1.29, 1.82) is 0 Å². The number of morpholine rings is 1. The van der Waals surface area contributed by atoms with E-state index in [0.29, 0.717) is 26.3 Å². The lowest BCUT2D eigenvalue weighted by atomic mass is 10.1. The molecule has 5 heteroatoms. The second-order valence-corrected chi connectivity index (χ2v) is 6.95. The standard InChI is InChI=1S/C19H30N2O3/c1-16(17-8-5-4-6-9-17)23-12-7-10-20-18(22)14-21-11-13-24-19(2,3)15-21/h4-6,8-9,16H,7,10-15H2,1-3H3,(H,20,22). The first-order valence-electron chi connectivity index (χ1n) is 8.76. The first-order chi connectivity index (χ1) is 11.5. The maximum Gasteiger partial charge on any atom is 0.234 e. The topological polar surface area (TPSA) is 50.8 Å². The molecule has 1 saturated heterocycles. The summed E-state index contributed by atoms with van der Waals surface area (Å²) in [6, 6.07) is 10.2. The lowest BCUT2D eigenvalue weighted by molar-refractivity contribution is -0.127. The molecule has 1 N–H and O–H groups in total.